The van der Waals surface area contributed by atoms with Crippen molar-refractivity contribution in [2.24, 2.45) is 16.8 Å². The number of guanidine groups is 1. The normalized spacial score (nSPS) is 19.9. The standard InChI is InChI=1S/C29H50N3O12P/c1-13-39-45(37,40-14-2)22-15-21(18(4)24(42-22)23(41-20(6)34)17(3)16-38-19(5)33)30-25(31-26(35)43-28(7,8)9)32-27(36)44-29(10,11)12/h15,17-18,21,23-24H,13-14,16H2,1-12H3,(H2,30,31,32,35,36)/t17-,18-,21+,23-,24-/m1/s1. The zero-order valence-corrected chi connectivity index (χ0v) is 29.3. The van der Waals surface area contributed by atoms with Gasteiger partial charge in [-0.25, -0.2) is 14.6 Å². The van der Waals surface area contributed by atoms with Gasteiger partial charge in [-0.1, -0.05) is 13.8 Å². The van der Waals surface area contributed by atoms with Crippen molar-refractivity contribution in [1.82, 2.24) is 10.6 Å². The molecule has 5 atom stereocenters. The number of hydrogen-bond acceptors (Lipinski definition) is 13. The Balaban J connectivity index is 3.80. The molecule has 2 N–H and O–H groups in total. The first kappa shape index (κ1) is 39.9. The molecule has 0 fully saturated rings. The van der Waals surface area contributed by atoms with E-state index in [2.05, 4.69) is 15.6 Å². The van der Waals surface area contributed by atoms with Gasteiger partial charge in [0.25, 0.3) is 0 Å². The predicted octanol–water partition coefficient (Wildman–Crippen LogP) is 5.03. The van der Waals surface area contributed by atoms with Crippen LogP contribution in [0.1, 0.15) is 83.1 Å². The van der Waals surface area contributed by atoms with E-state index in [4.69, 9.17) is 32.7 Å². The van der Waals surface area contributed by atoms with Crippen molar-refractivity contribution in [3.63, 3.8) is 0 Å². The van der Waals surface area contributed by atoms with Crippen LogP contribution >= 0.6 is 7.60 Å². The van der Waals surface area contributed by atoms with Crippen molar-refractivity contribution in [1.29, 1.82) is 0 Å². The number of carbonyl (C=O) groups is 4. The lowest BCUT2D eigenvalue weighted by molar-refractivity contribution is -0.165. The Kier molecular flexibility index (Phi) is 15.0. The molecule has 1 aliphatic rings. The van der Waals surface area contributed by atoms with Crippen LogP contribution in [0.5, 0.6) is 0 Å². The summed E-state index contributed by atoms with van der Waals surface area (Å²) >= 11 is 0. The number of hydrogen-bond donors (Lipinski definition) is 2. The van der Waals surface area contributed by atoms with Gasteiger partial charge >= 0.3 is 31.7 Å². The minimum absolute atomic E-state index is 0.00795. The average molecular weight is 664 g/mol. The Labute approximate surface area is 265 Å². The summed E-state index contributed by atoms with van der Waals surface area (Å²) in [4.78, 5) is 53.8. The number of aliphatic imine (C=N–C) groups is 1. The molecule has 0 saturated heterocycles. The summed E-state index contributed by atoms with van der Waals surface area (Å²) in [6.45, 7) is 19.0. The van der Waals surface area contributed by atoms with Gasteiger partial charge < -0.3 is 32.7 Å². The fourth-order valence-electron chi connectivity index (χ4n) is 4.05. The lowest BCUT2D eigenvalue weighted by atomic mass is 9.86. The summed E-state index contributed by atoms with van der Waals surface area (Å²) in [6.07, 6.45) is -2.51. The van der Waals surface area contributed by atoms with Gasteiger partial charge in [-0.3, -0.25) is 24.8 Å². The minimum atomic E-state index is -4.07. The fourth-order valence-corrected chi connectivity index (χ4v) is 5.64. The van der Waals surface area contributed by atoms with Crippen molar-refractivity contribution >= 4 is 37.7 Å². The largest absolute Gasteiger partial charge is 0.478 e. The van der Waals surface area contributed by atoms with Crippen LogP contribution in [-0.4, -0.2) is 79.4 Å². The molecule has 0 saturated carbocycles. The zero-order valence-electron chi connectivity index (χ0n) is 28.4. The van der Waals surface area contributed by atoms with Crippen molar-refractivity contribution in [2.45, 2.75) is 113 Å². The molecular formula is C29H50N3O12P. The van der Waals surface area contributed by atoms with Gasteiger partial charge in [0.1, 0.15) is 23.4 Å². The van der Waals surface area contributed by atoms with Gasteiger partial charge in [0.15, 0.2) is 0 Å². The quantitative estimate of drug-likeness (QED) is 0.0988. The third-order valence-corrected chi connectivity index (χ3v) is 7.74. The van der Waals surface area contributed by atoms with Crippen molar-refractivity contribution in [3.8, 4) is 0 Å². The van der Waals surface area contributed by atoms with E-state index in [1.54, 1.807) is 69.2 Å². The SMILES string of the molecule is CCOP(=O)(OCC)C1=C[C@H](N=C(NC(=O)OC(C)(C)C)NC(=O)OC(C)(C)C)[C@@H](C)[C@H]([C@H](OC(C)=O)[C@H](C)COC(C)=O)O1. The summed E-state index contributed by atoms with van der Waals surface area (Å²) < 4.78 is 52.6. The molecule has 0 bridgehead atoms. The predicted molar refractivity (Wildman–Crippen MR) is 164 cm³/mol. The maximum atomic E-state index is 13.9. The first-order valence-corrected chi connectivity index (χ1v) is 16.3. The summed E-state index contributed by atoms with van der Waals surface area (Å²) in [5, 5.41) is 4.85. The summed E-state index contributed by atoms with van der Waals surface area (Å²) in [7, 11) is -4.07. The molecule has 16 heteroatoms. The second-order valence-electron chi connectivity index (χ2n) is 12.4. The molecule has 45 heavy (non-hydrogen) atoms. The highest BCUT2D eigenvalue weighted by Crippen LogP contribution is 2.58. The third-order valence-electron chi connectivity index (χ3n) is 5.75. The number of rotatable bonds is 11. The van der Waals surface area contributed by atoms with E-state index in [-0.39, 0.29) is 31.3 Å². The Morgan fingerprint density at radius 2 is 1.42 bits per heavy atom. The number of alkyl carbamates (subject to hydrolysis) is 2. The first-order chi connectivity index (χ1) is 20.6. The summed E-state index contributed by atoms with van der Waals surface area (Å²) in [5.41, 5.74) is -1.96. The molecule has 0 aromatic carbocycles. The summed E-state index contributed by atoms with van der Waals surface area (Å²) in [6, 6.07) is -0.980. The topological polar surface area (TPSA) is 186 Å². The molecule has 0 aliphatic carbocycles. The third kappa shape index (κ3) is 14.2. The molecule has 1 heterocycles. The number of nitrogens with zero attached hydrogens (tertiary/aromatic N) is 1. The lowest BCUT2D eigenvalue weighted by Gasteiger charge is -2.40. The van der Waals surface area contributed by atoms with Crippen LogP contribution in [0.4, 0.5) is 9.59 Å². The van der Waals surface area contributed by atoms with E-state index in [0.29, 0.717) is 0 Å². The first-order valence-electron chi connectivity index (χ1n) is 14.8. The smallest absolute Gasteiger partial charge is 0.414 e. The lowest BCUT2D eigenvalue weighted by Crippen LogP contribution is -2.50. The van der Waals surface area contributed by atoms with Gasteiger partial charge in [0, 0.05) is 25.7 Å². The maximum Gasteiger partial charge on any atom is 0.414 e. The van der Waals surface area contributed by atoms with Crippen LogP contribution < -0.4 is 10.6 Å². The van der Waals surface area contributed by atoms with E-state index in [9.17, 15) is 23.7 Å². The van der Waals surface area contributed by atoms with E-state index in [0.717, 1.165) is 0 Å². The Bertz CT molecular complexity index is 1120. The fraction of sp³-hybridized carbons (Fsp3) is 0.759. The minimum Gasteiger partial charge on any atom is -0.478 e. The van der Waals surface area contributed by atoms with E-state index in [1.807, 2.05) is 0 Å². The van der Waals surface area contributed by atoms with Gasteiger partial charge in [0.2, 0.25) is 11.5 Å². The molecule has 0 spiro atoms. The number of ether oxygens (including phenoxy) is 5. The molecule has 0 aromatic rings. The van der Waals surface area contributed by atoms with Crippen LogP contribution in [0.2, 0.25) is 0 Å². The highest BCUT2D eigenvalue weighted by atomic mass is 31.2. The summed E-state index contributed by atoms with van der Waals surface area (Å²) in [5.74, 6) is -2.77. The van der Waals surface area contributed by atoms with Crippen LogP contribution in [0.3, 0.4) is 0 Å². The number of carbonyl (C=O) groups excluding carboxylic acids is 4. The number of nitrogens with one attached hydrogen (secondary N) is 2. The molecule has 258 valence electrons. The molecule has 1 aliphatic heterocycles. The van der Waals surface area contributed by atoms with Crippen LogP contribution in [0.25, 0.3) is 0 Å². The van der Waals surface area contributed by atoms with Crippen molar-refractivity contribution in [2.75, 3.05) is 19.8 Å². The van der Waals surface area contributed by atoms with E-state index < -0.39 is 73.0 Å². The van der Waals surface area contributed by atoms with Crippen LogP contribution in [-0.2, 0) is 46.9 Å². The second kappa shape index (κ2) is 17.0. The van der Waals surface area contributed by atoms with Gasteiger partial charge in [-0.2, -0.15) is 0 Å². The van der Waals surface area contributed by atoms with E-state index >= 15 is 0 Å². The zero-order chi connectivity index (χ0) is 34.8. The second-order valence-corrected chi connectivity index (χ2v) is 14.3. The molecule has 15 nitrogen and oxygen atoms in total. The van der Waals surface area contributed by atoms with Gasteiger partial charge in [0.05, 0.1) is 25.9 Å². The van der Waals surface area contributed by atoms with Crippen molar-refractivity contribution in [3.05, 3.63) is 11.6 Å². The highest BCUT2D eigenvalue weighted by Gasteiger charge is 2.46. The Morgan fingerprint density at radius 1 is 0.933 bits per heavy atom. The molecule has 0 unspecified atom stereocenters. The molecule has 0 aromatic heterocycles. The molecule has 2 amide bonds. The molecular weight excluding hydrogens is 613 g/mol. The van der Waals surface area contributed by atoms with Crippen LogP contribution in [0.15, 0.2) is 16.6 Å². The molecule has 0 radical (unpaired) electrons. The number of esters is 2. The number of amides is 2. The average Bonchev–Trinajstić information content (AvgIpc) is 2.84. The van der Waals surface area contributed by atoms with Gasteiger partial charge in [-0.05, 0) is 61.5 Å². The van der Waals surface area contributed by atoms with Crippen LogP contribution in [0, 0.1) is 11.8 Å². The molecule has 1 rings (SSSR count). The van der Waals surface area contributed by atoms with E-state index in [1.165, 1.54) is 19.9 Å². The highest BCUT2D eigenvalue weighted by molar-refractivity contribution is 7.58. The van der Waals surface area contributed by atoms with Crippen molar-refractivity contribution < 1.29 is 56.5 Å². The van der Waals surface area contributed by atoms with Gasteiger partial charge in [-0.15, -0.1) is 0 Å². The Hall–Kier alpha value is -3.16. The Morgan fingerprint density at radius 3 is 1.82 bits per heavy atom. The maximum absolute atomic E-state index is 13.9. The monoisotopic (exact) mass is 663 g/mol.